The number of carbonyl (C=O) groups is 2. The van der Waals surface area contributed by atoms with Gasteiger partial charge in [-0.2, -0.15) is 0 Å². The summed E-state index contributed by atoms with van der Waals surface area (Å²) in [5.41, 5.74) is 11.6. The minimum atomic E-state index is -2.63. The summed E-state index contributed by atoms with van der Waals surface area (Å²) in [5.74, 6) is -3.40. The maximum atomic E-state index is 13.6. The highest BCUT2D eigenvalue weighted by Gasteiger charge is 2.73. The molecule has 2 aromatic rings. The maximum absolute atomic E-state index is 13.6. The van der Waals surface area contributed by atoms with Gasteiger partial charge in [-0.05, 0) is 24.0 Å². The molecule has 5 heterocycles. The lowest BCUT2D eigenvalue weighted by Crippen LogP contribution is -2.78. The molecule has 4 aliphatic heterocycles. The van der Waals surface area contributed by atoms with Gasteiger partial charge in [-0.25, -0.2) is 20.0 Å². The number of aliphatic imine (C=N–C) groups is 2. The zero-order valence-corrected chi connectivity index (χ0v) is 22.5. The van der Waals surface area contributed by atoms with Crippen molar-refractivity contribution in [3.05, 3.63) is 53.6 Å². The molecule has 1 saturated heterocycles. The first-order valence-corrected chi connectivity index (χ1v) is 13.2. The topological polar surface area (TPSA) is 226 Å². The molecular formula is C26H32N10O5. The van der Waals surface area contributed by atoms with Crippen molar-refractivity contribution in [3.8, 4) is 5.75 Å². The first-order valence-electron chi connectivity index (χ1n) is 13.2. The van der Waals surface area contributed by atoms with Gasteiger partial charge in [0.05, 0.1) is 18.2 Å². The Labute approximate surface area is 235 Å². The van der Waals surface area contributed by atoms with Crippen molar-refractivity contribution in [1.29, 1.82) is 0 Å². The number of guanidine groups is 2. The Morgan fingerprint density at radius 1 is 1.15 bits per heavy atom. The number of rotatable bonds is 5. The van der Waals surface area contributed by atoms with Gasteiger partial charge < -0.3 is 47.3 Å². The van der Waals surface area contributed by atoms with E-state index in [4.69, 9.17) is 16.2 Å². The number of aromatic nitrogens is 2. The predicted molar refractivity (Wildman–Crippen MR) is 146 cm³/mol. The highest BCUT2D eigenvalue weighted by Crippen LogP contribution is 2.45. The quantitative estimate of drug-likeness (QED) is 0.192. The van der Waals surface area contributed by atoms with Gasteiger partial charge in [-0.1, -0.05) is 26.0 Å². The number of nitrogens with zero attached hydrogens (tertiary/aromatic N) is 5. The van der Waals surface area contributed by atoms with Crippen LogP contribution in [0.15, 0.2) is 46.6 Å². The molecule has 1 fully saturated rings. The molecule has 4 aliphatic rings. The first kappa shape index (κ1) is 26.7. The van der Waals surface area contributed by atoms with Gasteiger partial charge in [-0.3, -0.25) is 9.59 Å². The average molecular weight is 565 g/mol. The Bertz CT molecular complexity index is 1460. The van der Waals surface area contributed by atoms with E-state index < -0.39 is 41.4 Å². The van der Waals surface area contributed by atoms with Crippen molar-refractivity contribution in [2.45, 2.75) is 55.3 Å². The van der Waals surface area contributed by atoms with Gasteiger partial charge in [0.15, 0.2) is 17.6 Å². The normalized spacial score (nSPS) is 28.6. The Balaban J connectivity index is 1.27. The predicted octanol–water partition coefficient (Wildman–Crippen LogP) is -2.26. The number of amides is 2. The SMILES string of the molecule is CC1(C)CCOc2c(C(=O)NC3CN4C(N)=N[C@@H](CNC(=O)c5ncccn5)[C@@H]5N=C(N)N[C@@]54C3(O)O)cccc21. The molecule has 0 radical (unpaired) electrons. The second-order valence-corrected chi connectivity index (χ2v) is 11.2. The van der Waals surface area contributed by atoms with Gasteiger partial charge in [-0.15, -0.1) is 0 Å². The molecule has 6 rings (SSSR count). The summed E-state index contributed by atoms with van der Waals surface area (Å²) in [6.45, 7) is 4.44. The number of fused-ring (bicyclic) bond motifs is 1. The molecule has 0 saturated carbocycles. The van der Waals surface area contributed by atoms with E-state index in [1.165, 1.54) is 17.3 Å². The van der Waals surface area contributed by atoms with Crippen LogP contribution in [0.4, 0.5) is 0 Å². The fourth-order valence-corrected chi connectivity index (χ4v) is 6.13. The van der Waals surface area contributed by atoms with E-state index in [2.05, 4.69) is 49.8 Å². The van der Waals surface area contributed by atoms with Crippen LogP contribution < -0.4 is 32.2 Å². The molecule has 0 bridgehead atoms. The third-order valence-corrected chi connectivity index (χ3v) is 8.31. The number of nitrogens with two attached hydrogens (primary N) is 2. The number of benzene rings is 1. The number of para-hydroxylation sites is 1. The van der Waals surface area contributed by atoms with Crippen LogP contribution in [0.2, 0.25) is 0 Å². The first-order chi connectivity index (χ1) is 19.5. The van der Waals surface area contributed by atoms with Gasteiger partial charge in [0.2, 0.25) is 11.6 Å². The van der Waals surface area contributed by atoms with Crippen LogP contribution in [0, 0.1) is 0 Å². The standard InChI is InChI=1S/C26H32N10O5/c1-24(2)7-10-41-17-13(5-3-6-14(17)24)20(37)33-16-12-36-23(28)32-15(11-31-21(38)19-29-8-4-9-30-19)18-25(36,26(16,39)40)35-22(27)34-18/h3-6,8-9,15-16,18,39-40H,7,10-12H2,1-2H3,(H2,28,32)(H,31,38)(H,33,37)(H3,27,34,35)/t15-,16?,18-,25-/m0/s1. The molecule has 216 valence electrons. The van der Waals surface area contributed by atoms with Gasteiger partial charge in [0, 0.05) is 31.0 Å². The number of hydrogen-bond acceptors (Lipinski definition) is 13. The summed E-state index contributed by atoms with van der Waals surface area (Å²) in [7, 11) is 0. The number of carbonyl (C=O) groups excluding carboxylic acids is 2. The summed E-state index contributed by atoms with van der Waals surface area (Å²) in [5, 5.41) is 31.7. The molecule has 15 heteroatoms. The van der Waals surface area contributed by atoms with E-state index in [1.807, 2.05) is 6.07 Å². The lowest BCUT2D eigenvalue weighted by atomic mass is 9.79. The zero-order chi connectivity index (χ0) is 29.2. The second-order valence-electron chi connectivity index (χ2n) is 11.2. The second kappa shape index (κ2) is 9.27. The maximum Gasteiger partial charge on any atom is 0.289 e. The molecule has 1 aromatic carbocycles. The molecule has 1 unspecified atom stereocenters. The highest BCUT2D eigenvalue weighted by atomic mass is 16.5. The number of hydrogen-bond donors (Lipinski definition) is 7. The third kappa shape index (κ3) is 4.02. The highest BCUT2D eigenvalue weighted by molar-refractivity contribution is 5.98. The van der Waals surface area contributed by atoms with Crippen LogP contribution in [0.1, 0.15) is 46.8 Å². The monoisotopic (exact) mass is 564 g/mol. The fourth-order valence-electron chi connectivity index (χ4n) is 6.13. The van der Waals surface area contributed by atoms with Gasteiger partial charge in [0.25, 0.3) is 11.8 Å². The largest absolute Gasteiger partial charge is 0.492 e. The molecule has 4 atom stereocenters. The van der Waals surface area contributed by atoms with Crippen molar-refractivity contribution in [2.24, 2.45) is 21.5 Å². The van der Waals surface area contributed by atoms with Crippen molar-refractivity contribution in [3.63, 3.8) is 0 Å². The van der Waals surface area contributed by atoms with E-state index in [9.17, 15) is 19.8 Å². The van der Waals surface area contributed by atoms with E-state index in [0.29, 0.717) is 12.4 Å². The smallest absolute Gasteiger partial charge is 0.289 e. The summed E-state index contributed by atoms with van der Waals surface area (Å²) >= 11 is 0. The van der Waals surface area contributed by atoms with Crippen molar-refractivity contribution >= 4 is 23.7 Å². The third-order valence-electron chi connectivity index (χ3n) is 8.31. The fraction of sp³-hybridized carbons (Fsp3) is 0.462. The molecule has 2 amide bonds. The Hall–Kier alpha value is -4.50. The molecule has 0 aliphatic carbocycles. The van der Waals surface area contributed by atoms with E-state index >= 15 is 0 Å². The summed E-state index contributed by atoms with van der Waals surface area (Å²) in [6.07, 6.45) is 3.68. The number of aliphatic hydroxyl groups is 2. The molecule has 41 heavy (non-hydrogen) atoms. The van der Waals surface area contributed by atoms with Crippen LogP contribution in [0.3, 0.4) is 0 Å². The Kier molecular flexibility index (Phi) is 6.04. The number of ether oxygens (including phenoxy) is 1. The molecule has 15 nitrogen and oxygen atoms in total. The minimum absolute atomic E-state index is 0.0399. The zero-order valence-electron chi connectivity index (χ0n) is 22.5. The van der Waals surface area contributed by atoms with Crippen molar-refractivity contribution < 1.29 is 24.5 Å². The Morgan fingerprint density at radius 3 is 2.66 bits per heavy atom. The van der Waals surface area contributed by atoms with Crippen LogP contribution >= 0.6 is 0 Å². The Morgan fingerprint density at radius 2 is 1.90 bits per heavy atom. The molecule has 1 spiro atoms. The van der Waals surface area contributed by atoms with Gasteiger partial charge >= 0.3 is 0 Å². The summed E-state index contributed by atoms with van der Waals surface area (Å²) in [4.78, 5) is 44.3. The van der Waals surface area contributed by atoms with E-state index in [1.54, 1.807) is 18.2 Å². The van der Waals surface area contributed by atoms with Gasteiger partial charge in [0.1, 0.15) is 17.8 Å². The van der Waals surface area contributed by atoms with E-state index in [0.717, 1.165) is 12.0 Å². The van der Waals surface area contributed by atoms with Crippen LogP contribution in [0.25, 0.3) is 0 Å². The summed E-state index contributed by atoms with van der Waals surface area (Å²) in [6, 6.07) is 3.86. The minimum Gasteiger partial charge on any atom is -0.492 e. The number of nitrogens with one attached hydrogen (secondary N) is 3. The van der Waals surface area contributed by atoms with E-state index in [-0.39, 0.29) is 41.8 Å². The lowest BCUT2D eigenvalue weighted by Gasteiger charge is -2.49. The van der Waals surface area contributed by atoms with Crippen LogP contribution in [-0.4, -0.2) is 98.1 Å². The molecular weight excluding hydrogens is 532 g/mol. The lowest BCUT2D eigenvalue weighted by molar-refractivity contribution is -0.230. The molecule has 9 N–H and O–H groups in total. The van der Waals surface area contributed by atoms with Crippen LogP contribution in [0.5, 0.6) is 5.75 Å². The van der Waals surface area contributed by atoms with Crippen LogP contribution in [-0.2, 0) is 5.41 Å². The van der Waals surface area contributed by atoms with Crippen molar-refractivity contribution in [2.75, 3.05) is 19.7 Å². The average Bonchev–Trinajstić information content (AvgIpc) is 3.41. The molecule has 1 aromatic heterocycles. The summed E-state index contributed by atoms with van der Waals surface area (Å²) < 4.78 is 5.89. The van der Waals surface area contributed by atoms with Crippen molar-refractivity contribution in [1.82, 2.24) is 30.8 Å².